The summed E-state index contributed by atoms with van der Waals surface area (Å²) in [6.45, 7) is 3.24. The highest BCUT2D eigenvalue weighted by Gasteiger charge is 2.41. The number of amidine groups is 1. The smallest absolute Gasteiger partial charge is 0.346 e. The summed E-state index contributed by atoms with van der Waals surface area (Å²) in [6.07, 6.45) is 7.17. The van der Waals surface area contributed by atoms with Crippen molar-refractivity contribution in [2.24, 2.45) is 16.6 Å². The van der Waals surface area contributed by atoms with Crippen molar-refractivity contribution in [3.05, 3.63) is 0 Å². The molecule has 2 atom stereocenters. The van der Waals surface area contributed by atoms with Crippen molar-refractivity contribution in [1.82, 2.24) is 4.90 Å². The van der Waals surface area contributed by atoms with Crippen LogP contribution in [-0.2, 0) is 4.74 Å². The first-order valence-corrected chi connectivity index (χ1v) is 5.85. The van der Waals surface area contributed by atoms with E-state index in [0.717, 1.165) is 12.8 Å². The summed E-state index contributed by atoms with van der Waals surface area (Å²) < 4.78 is 5.32. The minimum atomic E-state index is -0.315. The lowest BCUT2D eigenvalue weighted by Gasteiger charge is -2.35. The van der Waals surface area contributed by atoms with Gasteiger partial charge in [-0.15, -0.1) is 6.42 Å². The van der Waals surface area contributed by atoms with Crippen LogP contribution in [0, 0.1) is 18.3 Å². The molecular weight excluding hydrogens is 218 g/mol. The third-order valence-corrected chi connectivity index (χ3v) is 3.42. The van der Waals surface area contributed by atoms with Gasteiger partial charge in [0, 0.05) is 13.2 Å². The van der Waals surface area contributed by atoms with Crippen LogP contribution in [-0.4, -0.2) is 42.1 Å². The Bertz CT molecular complexity index is 380. The first-order valence-electron chi connectivity index (χ1n) is 5.85. The zero-order valence-electron chi connectivity index (χ0n) is 9.93. The van der Waals surface area contributed by atoms with Crippen LogP contribution in [0.5, 0.6) is 0 Å². The molecule has 2 rings (SSSR count). The number of terminal acetylenes is 1. The molecule has 5 heteroatoms. The quantitative estimate of drug-likeness (QED) is 0.712. The number of rotatable bonds is 2. The summed E-state index contributed by atoms with van der Waals surface area (Å²) >= 11 is 0. The van der Waals surface area contributed by atoms with Crippen molar-refractivity contribution in [2.75, 3.05) is 13.2 Å². The highest BCUT2D eigenvalue weighted by Crippen LogP contribution is 2.28. The molecule has 2 amide bonds. The predicted molar refractivity (Wildman–Crippen MR) is 64.5 cm³/mol. The van der Waals surface area contributed by atoms with Gasteiger partial charge in [-0.25, -0.2) is 4.79 Å². The Balaban J connectivity index is 2.20. The van der Waals surface area contributed by atoms with E-state index in [1.165, 1.54) is 0 Å². The van der Waals surface area contributed by atoms with E-state index in [9.17, 15) is 4.79 Å². The minimum Gasteiger partial charge on any atom is -0.385 e. The summed E-state index contributed by atoms with van der Waals surface area (Å²) in [4.78, 5) is 17.2. The molecule has 1 fully saturated rings. The third-order valence-electron chi connectivity index (χ3n) is 3.42. The van der Waals surface area contributed by atoms with E-state index in [2.05, 4.69) is 10.9 Å². The Labute approximate surface area is 101 Å². The molecular formula is C12H17N3O2. The van der Waals surface area contributed by atoms with Gasteiger partial charge in [0.2, 0.25) is 0 Å². The van der Waals surface area contributed by atoms with Crippen LogP contribution in [0.4, 0.5) is 4.79 Å². The first-order chi connectivity index (χ1) is 8.15. The minimum absolute atomic E-state index is 0.155. The molecule has 0 aromatic rings. The number of carbonyl (C=O) groups is 1. The molecule has 2 aliphatic heterocycles. The summed E-state index contributed by atoms with van der Waals surface area (Å²) in [5.41, 5.74) is 5.86. The Morgan fingerprint density at radius 2 is 2.24 bits per heavy atom. The molecule has 92 valence electrons. The summed E-state index contributed by atoms with van der Waals surface area (Å²) in [7, 11) is 0. The number of nitrogens with two attached hydrogens (primary N) is 1. The van der Waals surface area contributed by atoms with Gasteiger partial charge in [0.15, 0.2) is 0 Å². The van der Waals surface area contributed by atoms with E-state index in [-0.39, 0.29) is 18.1 Å². The summed E-state index contributed by atoms with van der Waals surface area (Å²) in [6, 6.07) is -0.748. The van der Waals surface area contributed by atoms with Crippen LogP contribution >= 0.6 is 0 Å². The van der Waals surface area contributed by atoms with Gasteiger partial charge in [-0.3, -0.25) is 4.90 Å². The van der Waals surface area contributed by atoms with Gasteiger partial charge in [0.05, 0.1) is 12.1 Å². The summed E-state index contributed by atoms with van der Waals surface area (Å²) in [5, 5.41) is 0. The van der Waals surface area contributed by atoms with Crippen LogP contribution in [0.25, 0.3) is 0 Å². The highest BCUT2D eigenvalue weighted by molar-refractivity contribution is 6.03. The van der Waals surface area contributed by atoms with E-state index in [1.54, 1.807) is 4.90 Å². The Morgan fingerprint density at radius 1 is 1.59 bits per heavy atom. The Hall–Kier alpha value is -1.54. The molecule has 0 aromatic carbocycles. The SMILES string of the molecule is C#CC(C)N1C(=O)N=C(N)C1C1CCOCC1. The van der Waals surface area contributed by atoms with Crippen molar-refractivity contribution in [3.63, 3.8) is 0 Å². The molecule has 0 radical (unpaired) electrons. The molecule has 1 saturated heterocycles. The van der Waals surface area contributed by atoms with E-state index in [1.807, 2.05) is 6.92 Å². The molecule has 2 N–H and O–H groups in total. The maximum absolute atomic E-state index is 11.8. The lowest BCUT2D eigenvalue weighted by Crippen LogP contribution is -2.50. The van der Waals surface area contributed by atoms with Crippen LogP contribution in [0.15, 0.2) is 4.99 Å². The monoisotopic (exact) mass is 235 g/mol. The normalized spacial score (nSPS) is 27.8. The largest absolute Gasteiger partial charge is 0.385 e. The molecule has 2 heterocycles. The van der Waals surface area contributed by atoms with E-state index >= 15 is 0 Å². The molecule has 5 nitrogen and oxygen atoms in total. The number of aliphatic imine (C=N–C) groups is 1. The molecule has 2 unspecified atom stereocenters. The Kier molecular flexibility index (Phi) is 3.34. The number of ether oxygens (including phenoxy) is 1. The molecule has 0 bridgehead atoms. The molecule has 0 aliphatic carbocycles. The van der Waals surface area contributed by atoms with Crippen molar-refractivity contribution in [1.29, 1.82) is 0 Å². The Morgan fingerprint density at radius 3 is 2.82 bits per heavy atom. The number of urea groups is 1. The van der Waals surface area contributed by atoms with Crippen molar-refractivity contribution in [2.45, 2.75) is 31.8 Å². The van der Waals surface area contributed by atoms with Gasteiger partial charge in [0.25, 0.3) is 0 Å². The van der Waals surface area contributed by atoms with Crippen LogP contribution < -0.4 is 5.73 Å². The zero-order valence-corrected chi connectivity index (χ0v) is 9.93. The number of nitrogens with zero attached hydrogens (tertiary/aromatic N) is 2. The average molecular weight is 235 g/mol. The van der Waals surface area contributed by atoms with Crippen molar-refractivity contribution >= 4 is 11.9 Å². The molecule has 2 aliphatic rings. The van der Waals surface area contributed by atoms with Gasteiger partial charge >= 0.3 is 6.03 Å². The lowest BCUT2D eigenvalue weighted by molar-refractivity contribution is 0.0476. The molecule has 17 heavy (non-hydrogen) atoms. The van der Waals surface area contributed by atoms with Crippen molar-refractivity contribution in [3.8, 4) is 12.3 Å². The van der Waals surface area contributed by atoms with Crippen LogP contribution in [0.1, 0.15) is 19.8 Å². The summed E-state index contributed by atoms with van der Waals surface area (Å²) in [5.74, 6) is 3.27. The standard InChI is InChI=1S/C12H17N3O2/c1-3-8(2)15-10(11(13)14-12(15)16)9-4-6-17-7-5-9/h1,8-10H,4-7H2,2H3,(H2,13,14,16). The number of hydrogen-bond donors (Lipinski definition) is 1. The average Bonchev–Trinajstić information content (AvgIpc) is 2.64. The zero-order chi connectivity index (χ0) is 12.4. The fourth-order valence-corrected chi connectivity index (χ4v) is 2.48. The van der Waals surface area contributed by atoms with Gasteiger partial charge in [-0.2, -0.15) is 4.99 Å². The highest BCUT2D eigenvalue weighted by atomic mass is 16.5. The predicted octanol–water partition coefficient (Wildman–Crippen LogP) is 0.596. The fourth-order valence-electron chi connectivity index (χ4n) is 2.48. The second-order valence-electron chi connectivity index (χ2n) is 4.46. The lowest BCUT2D eigenvalue weighted by atomic mass is 9.90. The first kappa shape index (κ1) is 11.9. The maximum atomic E-state index is 11.8. The van der Waals surface area contributed by atoms with Gasteiger partial charge in [-0.05, 0) is 25.7 Å². The topological polar surface area (TPSA) is 67.9 Å². The second-order valence-corrected chi connectivity index (χ2v) is 4.46. The van der Waals surface area contributed by atoms with Crippen molar-refractivity contribution < 1.29 is 9.53 Å². The van der Waals surface area contributed by atoms with Crippen LogP contribution in [0.3, 0.4) is 0 Å². The van der Waals surface area contributed by atoms with E-state index in [0.29, 0.717) is 25.0 Å². The van der Waals surface area contributed by atoms with Gasteiger partial charge in [-0.1, -0.05) is 5.92 Å². The maximum Gasteiger partial charge on any atom is 0.346 e. The van der Waals surface area contributed by atoms with E-state index < -0.39 is 0 Å². The van der Waals surface area contributed by atoms with Gasteiger partial charge in [0.1, 0.15) is 5.84 Å². The number of amides is 2. The third kappa shape index (κ3) is 2.13. The molecule has 0 aromatic heterocycles. The van der Waals surface area contributed by atoms with Crippen LogP contribution in [0.2, 0.25) is 0 Å². The van der Waals surface area contributed by atoms with Gasteiger partial charge < -0.3 is 10.5 Å². The molecule has 0 spiro atoms. The van der Waals surface area contributed by atoms with E-state index in [4.69, 9.17) is 16.9 Å². The number of hydrogen-bond acceptors (Lipinski definition) is 3. The fraction of sp³-hybridized carbons (Fsp3) is 0.667. The second kappa shape index (κ2) is 4.76. The number of carbonyl (C=O) groups excluding carboxylic acids is 1. The molecule has 0 saturated carbocycles.